The molecule has 1 saturated heterocycles. The smallest absolute Gasteiger partial charge is 0.408 e. The highest BCUT2D eigenvalue weighted by atomic mass is 35.6. The van der Waals surface area contributed by atoms with Gasteiger partial charge in [0.2, 0.25) is 3.79 Å². The average Bonchev–Trinajstić information content (AvgIpc) is 3.00. The van der Waals surface area contributed by atoms with Crippen LogP contribution in [0, 0.1) is 13.8 Å². The Bertz CT molecular complexity index is 572. The molecule has 1 aliphatic rings. The van der Waals surface area contributed by atoms with Crippen molar-refractivity contribution in [3.8, 4) is 0 Å². The molecule has 134 valence electrons. The zero-order chi connectivity index (χ0) is 17.7. The maximum atomic E-state index is 12.0. The first kappa shape index (κ1) is 19.4. The zero-order valence-corrected chi connectivity index (χ0v) is 15.8. The second-order valence-electron chi connectivity index (χ2n) is 5.80. The third-order valence-corrected chi connectivity index (χ3v) is 4.49. The van der Waals surface area contributed by atoms with Gasteiger partial charge in [0, 0.05) is 12.3 Å². The van der Waals surface area contributed by atoms with Gasteiger partial charge in [0.15, 0.2) is 0 Å². The van der Waals surface area contributed by atoms with E-state index in [4.69, 9.17) is 44.3 Å². The lowest BCUT2D eigenvalue weighted by Crippen LogP contribution is -2.49. The van der Waals surface area contributed by atoms with Crippen LogP contribution in [0.2, 0.25) is 0 Å². The van der Waals surface area contributed by atoms with E-state index in [9.17, 15) is 4.79 Å². The van der Waals surface area contributed by atoms with Gasteiger partial charge in [0.25, 0.3) is 0 Å². The minimum Gasteiger partial charge on any atom is -0.447 e. The third-order valence-electron chi connectivity index (χ3n) is 3.83. The number of carbonyl (C=O) groups is 1. The minimum absolute atomic E-state index is 0.0605. The highest BCUT2D eigenvalue weighted by molar-refractivity contribution is 6.68. The molecule has 8 heteroatoms. The quantitative estimate of drug-likeness (QED) is 0.576. The summed E-state index contributed by atoms with van der Waals surface area (Å²) in [6.07, 6.45) is 0.178. The molecule has 0 aliphatic carbocycles. The number of hydrogen-bond acceptors (Lipinski definition) is 4. The summed E-state index contributed by atoms with van der Waals surface area (Å²) >= 11 is 17.9. The fourth-order valence-corrected chi connectivity index (χ4v) is 2.63. The summed E-state index contributed by atoms with van der Waals surface area (Å²) < 4.78 is 8.79. The first-order valence-corrected chi connectivity index (χ1v) is 8.84. The number of carbonyl (C=O) groups excluding carboxylic acids is 1. The normalized spacial score (nSPS) is 19.0. The largest absolute Gasteiger partial charge is 0.447 e. The summed E-state index contributed by atoms with van der Waals surface area (Å²) in [7, 11) is 0. The maximum Gasteiger partial charge on any atom is 0.408 e. The van der Waals surface area contributed by atoms with E-state index >= 15 is 0 Å². The highest BCUT2D eigenvalue weighted by Crippen LogP contribution is 2.31. The van der Waals surface area contributed by atoms with Crippen molar-refractivity contribution in [1.29, 1.82) is 0 Å². The molecule has 2 rings (SSSR count). The number of alkyl halides is 3. The molecule has 5 nitrogen and oxygen atoms in total. The van der Waals surface area contributed by atoms with Crippen LogP contribution >= 0.6 is 34.8 Å². The van der Waals surface area contributed by atoms with Crippen molar-refractivity contribution < 1.29 is 14.3 Å². The monoisotopic (exact) mass is 394 g/mol. The van der Waals surface area contributed by atoms with E-state index < -0.39 is 16.1 Å². The molecule has 0 bridgehead atoms. The molecular weight excluding hydrogens is 375 g/mol. The molecule has 2 unspecified atom stereocenters. The number of benzene rings is 1. The Morgan fingerprint density at radius 1 is 1.38 bits per heavy atom. The molecule has 24 heavy (non-hydrogen) atoms. The van der Waals surface area contributed by atoms with Gasteiger partial charge in [-0.3, -0.25) is 5.32 Å². The van der Waals surface area contributed by atoms with Crippen LogP contribution in [0.25, 0.3) is 0 Å². The van der Waals surface area contributed by atoms with Gasteiger partial charge in [-0.05, 0) is 49.9 Å². The molecule has 2 N–H and O–H groups in total. The van der Waals surface area contributed by atoms with Crippen molar-refractivity contribution in [2.75, 3.05) is 18.5 Å². The minimum atomic E-state index is -1.75. The zero-order valence-electron chi connectivity index (χ0n) is 13.6. The van der Waals surface area contributed by atoms with E-state index in [0.717, 1.165) is 29.7 Å². The van der Waals surface area contributed by atoms with Crippen LogP contribution in [0.4, 0.5) is 10.5 Å². The van der Waals surface area contributed by atoms with Gasteiger partial charge in [-0.2, -0.15) is 0 Å². The van der Waals surface area contributed by atoms with Gasteiger partial charge >= 0.3 is 6.09 Å². The van der Waals surface area contributed by atoms with Gasteiger partial charge in [0.1, 0.15) is 12.8 Å². The molecule has 1 amide bonds. The van der Waals surface area contributed by atoms with E-state index in [-0.39, 0.29) is 12.7 Å². The van der Waals surface area contributed by atoms with Crippen molar-refractivity contribution in [2.24, 2.45) is 0 Å². The lowest BCUT2D eigenvalue weighted by atomic mass is 10.1. The van der Waals surface area contributed by atoms with Gasteiger partial charge in [-0.25, -0.2) is 4.79 Å². The van der Waals surface area contributed by atoms with Crippen molar-refractivity contribution >= 4 is 46.6 Å². The number of hydrogen-bond donors (Lipinski definition) is 2. The number of ether oxygens (including phenoxy) is 2. The molecule has 1 aromatic rings. The van der Waals surface area contributed by atoms with E-state index in [1.54, 1.807) is 0 Å². The van der Waals surface area contributed by atoms with Gasteiger partial charge in [0.05, 0.1) is 6.10 Å². The van der Waals surface area contributed by atoms with Crippen LogP contribution in [0.1, 0.15) is 24.0 Å². The lowest BCUT2D eigenvalue weighted by molar-refractivity contribution is 0.0432. The first-order chi connectivity index (χ1) is 11.3. The number of anilines is 1. The molecule has 0 aromatic heterocycles. The summed E-state index contributed by atoms with van der Waals surface area (Å²) in [6, 6.07) is 5.71. The van der Waals surface area contributed by atoms with E-state index in [2.05, 4.69) is 10.6 Å². The van der Waals surface area contributed by atoms with Crippen molar-refractivity contribution in [3.63, 3.8) is 0 Å². The lowest BCUT2D eigenvalue weighted by Gasteiger charge is -2.27. The summed E-state index contributed by atoms with van der Waals surface area (Å²) in [5.41, 5.74) is 2.97. The fraction of sp³-hybridized carbons (Fsp3) is 0.562. The average molecular weight is 396 g/mol. The van der Waals surface area contributed by atoms with Gasteiger partial charge < -0.3 is 14.8 Å². The van der Waals surface area contributed by atoms with Crippen LogP contribution < -0.4 is 10.6 Å². The standard InChI is InChI=1S/C16H21Cl3N2O3/c1-10-5-6-12(8-11(10)2)20-14(16(17,18)19)21-15(22)24-9-13-4-3-7-23-13/h5-6,8,13-14,20H,3-4,7,9H2,1-2H3,(H,21,22). The summed E-state index contributed by atoms with van der Waals surface area (Å²) in [6.45, 7) is 4.86. The van der Waals surface area contributed by atoms with Gasteiger partial charge in [-0.1, -0.05) is 40.9 Å². The Labute approximate surface area is 156 Å². The Kier molecular flexibility index (Phi) is 6.87. The number of halogens is 3. The Balaban J connectivity index is 1.94. The number of aryl methyl sites for hydroxylation is 2. The molecular formula is C16H21Cl3N2O3. The number of alkyl carbamates (subject to hydrolysis) is 1. The molecule has 1 fully saturated rings. The van der Waals surface area contributed by atoms with Crippen molar-refractivity contribution in [1.82, 2.24) is 5.32 Å². The molecule has 0 radical (unpaired) electrons. The highest BCUT2D eigenvalue weighted by Gasteiger charge is 2.34. The SMILES string of the molecule is Cc1ccc(NC(NC(=O)OCC2CCCO2)C(Cl)(Cl)Cl)cc1C. The Hall–Kier alpha value is -0.880. The van der Waals surface area contributed by atoms with Crippen LogP contribution in [0.3, 0.4) is 0 Å². The molecule has 0 saturated carbocycles. The summed E-state index contributed by atoms with van der Waals surface area (Å²) in [5.74, 6) is 0. The van der Waals surface area contributed by atoms with Gasteiger partial charge in [-0.15, -0.1) is 0 Å². The molecule has 1 aromatic carbocycles. The fourth-order valence-electron chi connectivity index (χ4n) is 2.30. The topological polar surface area (TPSA) is 59.6 Å². The maximum absolute atomic E-state index is 12.0. The van der Waals surface area contributed by atoms with E-state index in [1.165, 1.54) is 0 Å². The summed E-state index contributed by atoms with van der Waals surface area (Å²) in [5, 5.41) is 5.55. The van der Waals surface area contributed by atoms with Crippen LogP contribution in [0.15, 0.2) is 18.2 Å². The number of nitrogens with one attached hydrogen (secondary N) is 2. The van der Waals surface area contributed by atoms with Crippen LogP contribution in [-0.4, -0.2) is 35.4 Å². The second-order valence-corrected chi connectivity index (χ2v) is 8.16. The Morgan fingerprint density at radius 3 is 2.71 bits per heavy atom. The summed E-state index contributed by atoms with van der Waals surface area (Å²) in [4.78, 5) is 12.0. The van der Waals surface area contributed by atoms with Crippen LogP contribution in [0.5, 0.6) is 0 Å². The van der Waals surface area contributed by atoms with E-state index in [1.807, 2.05) is 32.0 Å². The molecule has 2 atom stereocenters. The van der Waals surface area contributed by atoms with Crippen molar-refractivity contribution in [3.05, 3.63) is 29.3 Å². The molecule has 1 heterocycles. The number of rotatable bonds is 5. The molecule has 1 aliphatic heterocycles. The van der Waals surface area contributed by atoms with E-state index in [0.29, 0.717) is 6.61 Å². The van der Waals surface area contributed by atoms with Crippen LogP contribution in [-0.2, 0) is 9.47 Å². The molecule has 0 spiro atoms. The predicted octanol–water partition coefficient (Wildman–Crippen LogP) is 4.32. The third kappa shape index (κ3) is 5.88. The van der Waals surface area contributed by atoms with Crippen molar-refractivity contribution in [2.45, 2.75) is 42.8 Å². The predicted molar refractivity (Wildman–Crippen MR) is 97.1 cm³/mol. The first-order valence-electron chi connectivity index (χ1n) is 7.71. The second kappa shape index (κ2) is 8.48. The number of amides is 1. The Morgan fingerprint density at radius 2 is 2.12 bits per heavy atom.